The van der Waals surface area contributed by atoms with Gasteiger partial charge in [-0.1, -0.05) is 17.0 Å². The Labute approximate surface area is 167 Å². The van der Waals surface area contributed by atoms with E-state index in [2.05, 4.69) is 25.9 Å². The van der Waals surface area contributed by atoms with Gasteiger partial charge in [-0.05, 0) is 57.1 Å². The Kier molecular flexibility index (Phi) is 5.45. The van der Waals surface area contributed by atoms with Gasteiger partial charge in [0.05, 0.1) is 11.7 Å². The summed E-state index contributed by atoms with van der Waals surface area (Å²) in [5, 5.41) is 15.5. The van der Waals surface area contributed by atoms with E-state index in [0.29, 0.717) is 11.7 Å². The molecular formula is C19H23N7OS. The number of nitrogens with one attached hydrogen (secondary N) is 2. The lowest BCUT2D eigenvalue weighted by Crippen LogP contribution is -2.30. The van der Waals surface area contributed by atoms with E-state index in [-0.39, 0.29) is 5.91 Å². The number of anilines is 1. The molecule has 2 N–H and O–H groups in total. The summed E-state index contributed by atoms with van der Waals surface area (Å²) in [6.45, 7) is 3.84. The average molecular weight is 398 g/mol. The topological polar surface area (TPSA) is 89.7 Å². The second-order valence-electron chi connectivity index (χ2n) is 6.85. The fourth-order valence-corrected chi connectivity index (χ4v) is 4.10. The lowest BCUT2D eigenvalue weighted by molar-refractivity contribution is 0.102. The fraction of sp³-hybridized carbons (Fsp3) is 0.368. The van der Waals surface area contributed by atoms with Crippen LogP contribution in [0, 0.1) is 6.92 Å². The van der Waals surface area contributed by atoms with Gasteiger partial charge < -0.3 is 15.2 Å². The highest BCUT2D eigenvalue weighted by atomic mass is 32.2. The minimum atomic E-state index is -0.234. The number of benzene rings is 1. The van der Waals surface area contributed by atoms with Crippen molar-refractivity contribution in [3.05, 3.63) is 48.0 Å². The number of carbonyl (C=O) groups is 1. The van der Waals surface area contributed by atoms with Crippen LogP contribution in [0.25, 0.3) is 0 Å². The molecule has 4 rings (SSSR count). The Morgan fingerprint density at radius 2 is 2.00 bits per heavy atom. The highest BCUT2D eigenvalue weighted by Crippen LogP contribution is 2.27. The highest BCUT2D eigenvalue weighted by molar-refractivity contribution is 7.99. The Morgan fingerprint density at radius 1 is 1.25 bits per heavy atom. The summed E-state index contributed by atoms with van der Waals surface area (Å²) >= 11 is 1.57. The molecule has 1 aliphatic rings. The summed E-state index contributed by atoms with van der Waals surface area (Å²) in [6.07, 6.45) is 5.69. The van der Waals surface area contributed by atoms with Crippen molar-refractivity contribution in [2.45, 2.75) is 35.9 Å². The van der Waals surface area contributed by atoms with Crippen LogP contribution in [0.1, 0.15) is 35.1 Å². The number of piperidine rings is 1. The number of amides is 1. The predicted octanol–water partition coefficient (Wildman–Crippen LogP) is 2.65. The largest absolute Gasteiger partial charge is 0.329 e. The molecule has 146 valence electrons. The summed E-state index contributed by atoms with van der Waals surface area (Å²) in [7, 11) is 1.96. The minimum absolute atomic E-state index is 0.234. The van der Waals surface area contributed by atoms with Crippen molar-refractivity contribution in [2.75, 3.05) is 18.4 Å². The number of hydrogen-bond donors (Lipinski definition) is 2. The maximum atomic E-state index is 12.7. The molecule has 8 nitrogen and oxygen atoms in total. The molecular weight excluding hydrogens is 374 g/mol. The van der Waals surface area contributed by atoms with Gasteiger partial charge in [0.2, 0.25) is 0 Å². The van der Waals surface area contributed by atoms with Crippen molar-refractivity contribution < 1.29 is 4.79 Å². The molecule has 3 aromatic rings. The van der Waals surface area contributed by atoms with Crippen molar-refractivity contribution in [1.82, 2.24) is 29.9 Å². The van der Waals surface area contributed by atoms with E-state index in [1.165, 1.54) is 0 Å². The molecule has 0 aliphatic carbocycles. The third kappa shape index (κ3) is 3.95. The van der Waals surface area contributed by atoms with Gasteiger partial charge in [0.25, 0.3) is 5.91 Å². The van der Waals surface area contributed by atoms with Gasteiger partial charge >= 0.3 is 0 Å². The Hall–Kier alpha value is -2.65. The lowest BCUT2D eigenvalue weighted by Gasteiger charge is -2.23. The normalized spacial score (nSPS) is 14.9. The first-order chi connectivity index (χ1) is 13.6. The molecule has 1 aromatic carbocycles. The van der Waals surface area contributed by atoms with Crippen LogP contribution in [-0.4, -0.2) is 43.5 Å². The molecule has 2 aromatic heterocycles. The van der Waals surface area contributed by atoms with Gasteiger partial charge in [0.1, 0.15) is 0 Å². The van der Waals surface area contributed by atoms with Crippen LogP contribution < -0.4 is 10.6 Å². The predicted molar refractivity (Wildman–Crippen MR) is 108 cm³/mol. The summed E-state index contributed by atoms with van der Waals surface area (Å²) in [5.41, 5.74) is 1.92. The van der Waals surface area contributed by atoms with Crippen LogP contribution in [-0.2, 0) is 7.05 Å². The Balaban J connectivity index is 1.42. The van der Waals surface area contributed by atoms with Gasteiger partial charge in [-0.25, -0.2) is 9.67 Å². The Morgan fingerprint density at radius 3 is 2.68 bits per heavy atom. The van der Waals surface area contributed by atoms with Crippen LogP contribution >= 0.6 is 11.8 Å². The van der Waals surface area contributed by atoms with Crippen molar-refractivity contribution in [3.8, 4) is 0 Å². The number of aromatic nitrogens is 5. The maximum absolute atomic E-state index is 12.7. The molecule has 1 amide bonds. The van der Waals surface area contributed by atoms with Crippen molar-refractivity contribution >= 4 is 23.4 Å². The molecule has 3 heterocycles. The summed E-state index contributed by atoms with van der Waals surface area (Å²) in [4.78, 5) is 18.0. The summed E-state index contributed by atoms with van der Waals surface area (Å²) < 4.78 is 3.86. The monoisotopic (exact) mass is 397 g/mol. The average Bonchev–Trinajstić information content (AvgIpc) is 3.29. The zero-order chi connectivity index (χ0) is 19.5. The number of aryl methyl sites for hydroxylation is 1. The fourth-order valence-electron chi connectivity index (χ4n) is 3.30. The van der Waals surface area contributed by atoms with Crippen LogP contribution in [0.3, 0.4) is 0 Å². The van der Waals surface area contributed by atoms with E-state index in [1.54, 1.807) is 18.0 Å². The molecule has 28 heavy (non-hydrogen) atoms. The molecule has 0 atom stereocenters. The van der Waals surface area contributed by atoms with E-state index in [9.17, 15) is 4.79 Å². The van der Waals surface area contributed by atoms with E-state index < -0.39 is 0 Å². The number of hydrogen-bond acceptors (Lipinski definition) is 6. The van der Waals surface area contributed by atoms with Gasteiger partial charge in [-0.15, -0.1) is 5.10 Å². The third-order valence-corrected chi connectivity index (χ3v) is 5.98. The molecule has 1 aliphatic heterocycles. The number of carbonyl (C=O) groups excluding carboxylic acids is 1. The van der Waals surface area contributed by atoms with Crippen molar-refractivity contribution in [1.29, 1.82) is 0 Å². The SMILES string of the molecule is Cc1c(C(=O)Nc2ccc(Sc3nccn3C)cc2)nnn1C1CCNCC1. The summed E-state index contributed by atoms with van der Waals surface area (Å²) in [5.74, 6) is -0.234. The molecule has 1 fully saturated rings. The zero-order valence-corrected chi connectivity index (χ0v) is 16.7. The van der Waals surface area contributed by atoms with Gasteiger partial charge in [0.15, 0.2) is 10.9 Å². The Bertz CT molecular complexity index is 957. The number of rotatable bonds is 5. The maximum Gasteiger partial charge on any atom is 0.278 e. The van der Waals surface area contributed by atoms with Gasteiger partial charge in [0, 0.05) is 30.0 Å². The second-order valence-corrected chi connectivity index (χ2v) is 7.89. The zero-order valence-electron chi connectivity index (χ0n) is 15.9. The smallest absolute Gasteiger partial charge is 0.278 e. The number of imidazole rings is 1. The second kappa shape index (κ2) is 8.15. The van der Waals surface area contributed by atoms with Crippen LogP contribution in [0.2, 0.25) is 0 Å². The first-order valence-electron chi connectivity index (χ1n) is 9.31. The summed E-state index contributed by atoms with van der Waals surface area (Å²) in [6, 6.07) is 8.00. The quantitative estimate of drug-likeness (QED) is 0.688. The van der Waals surface area contributed by atoms with Crippen molar-refractivity contribution in [2.24, 2.45) is 7.05 Å². The minimum Gasteiger partial charge on any atom is -0.329 e. The van der Waals surface area contributed by atoms with Crippen LogP contribution in [0.15, 0.2) is 46.7 Å². The van der Waals surface area contributed by atoms with E-state index >= 15 is 0 Å². The molecule has 0 bridgehead atoms. The van der Waals surface area contributed by atoms with E-state index in [1.807, 2.05) is 53.7 Å². The molecule has 0 saturated carbocycles. The van der Waals surface area contributed by atoms with Gasteiger partial charge in [-0.2, -0.15) is 0 Å². The van der Waals surface area contributed by atoms with E-state index in [4.69, 9.17) is 0 Å². The molecule has 0 spiro atoms. The molecule has 1 saturated heterocycles. The first-order valence-corrected chi connectivity index (χ1v) is 10.1. The third-order valence-electron chi connectivity index (χ3n) is 4.90. The molecule has 0 unspecified atom stereocenters. The molecule has 9 heteroatoms. The van der Waals surface area contributed by atoms with Gasteiger partial charge in [-0.3, -0.25) is 4.79 Å². The van der Waals surface area contributed by atoms with E-state index in [0.717, 1.165) is 47.4 Å². The molecule has 0 radical (unpaired) electrons. The first kappa shape index (κ1) is 18.7. The number of nitrogens with zero attached hydrogens (tertiary/aromatic N) is 5. The lowest BCUT2D eigenvalue weighted by atomic mass is 10.1. The highest BCUT2D eigenvalue weighted by Gasteiger charge is 2.23. The van der Waals surface area contributed by atoms with Crippen LogP contribution in [0.4, 0.5) is 5.69 Å². The standard InChI is InChI=1S/C19H23N7OS/c1-13-17(23-24-26(13)15-7-9-20-10-8-15)18(27)22-14-3-5-16(6-4-14)28-19-21-11-12-25(19)2/h3-6,11-12,15,20H,7-10H2,1-2H3,(H,22,27). The van der Waals surface area contributed by atoms with Crippen LogP contribution in [0.5, 0.6) is 0 Å². The van der Waals surface area contributed by atoms with Crippen molar-refractivity contribution in [3.63, 3.8) is 0 Å².